The fourth-order valence-electron chi connectivity index (χ4n) is 2.65. The van der Waals surface area contributed by atoms with Crippen LogP contribution < -0.4 is 0 Å². The summed E-state index contributed by atoms with van der Waals surface area (Å²) in [4.78, 5) is 13.2. The van der Waals surface area contributed by atoms with Gasteiger partial charge in [0.25, 0.3) is 0 Å². The Labute approximate surface area is 127 Å². The summed E-state index contributed by atoms with van der Waals surface area (Å²) in [6.45, 7) is 0. The van der Waals surface area contributed by atoms with Crippen molar-refractivity contribution in [1.29, 1.82) is 0 Å². The Balaban J connectivity index is 1.86. The topological polar surface area (TPSA) is 26.3 Å². The first kappa shape index (κ1) is 12.5. The van der Waals surface area contributed by atoms with Crippen molar-refractivity contribution in [2.24, 2.45) is 0 Å². The molecule has 0 bridgehead atoms. The van der Waals surface area contributed by atoms with Gasteiger partial charge in [0.05, 0.1) is 10.5 Å². The Bertz CT molecular complexity index is 773. The van der Waals surface area contributed by atoms with Crippen LogP contribution in [-0.2, 0) is 9.53 Å². The predicted molar refractivity (Wildman–Crippen MR) is 85.3 cm³/mol. The second-order valence-corrected chi connectivity index (χ2v) is 5.91. The number of carbonyl (C=O) groups is 1. The zero-order valence-corrected chi connectivity index (χ0v) is 12.0. The molecule has 102 valence electrons. The van der Waals surface area contributed by atoms with E-state index < -0.39 is 0 Å². The molecule has 0 fully saturated rings. The van der Waals surface area contributed by atoms with Crippen molar-refractivity contribution in [3.05, 3.63) is 82.5 Å². The van der Waals surface area contributed by atoms with E-state index in [-0.39, 0.29) is 5.97 Å². The molecule has 0 atom stereocenters. The molecule has 2 nitrogen and oxygen atoms in total. The zero-order valence-electron chi connectivity index (χ0n) is 11.2. The predicted octanol–water partition coefficient (Wildman–Crippen LogP) is 4.11. The van der Waals surface area contributed by atoms with Gasteiger partial charge in [-0.1, -0.05) is 60.7 Å². The number of carbonyl (C=O) groups excluding carboxylic acids is 1. The van der Waals surface area contributed by atoms with Crippen LogP contribution in [0, 0.1) is 0 Å². The van der Waals surface area contributed by atoms with Crippen LogP contribution in [0.3, 0.4) is 0 Å². The first-order chi connectivity index (χ1) is 10.3. The van der Waals surface area contributed by atoms with E-state index in [1.165, 1.54) is 0 Å². The Kier molecular flexibility index (Phi) is 2.93. The molecule has 4 rings (SSSR count). The van der Waals surface area contributed by atoms with Crippen molar-refractivity contribution in [2.45, 2.75) is 0 Å². The third kappa shape index (κ3) is 2.01. The number of hydrogen-bond donors (Lipinski definition) is 0. The van der Waals surface area contributed by atoms with Gasteiger partial charge in [0.2, 0.25) is 0 Å². The highest BCUT2D eigenvalue weighted by Gasteiger charge is 2.37. The summed E-state index contributed by atoms with van der Waals surface area (Å²) in [6, 6.07) is 19.8. The molecule has 2 aliphatic rings. The van der Waals surface area contributed by atoms with E-state index in [2.05, 4.69) is 12.1 Å². The van der Waals surface area contributed by atoms with Gasteiger partial charge in [-0.2, -0.15) is 0 Å². The summed E-state index contributed by atoms with van der Waals surface area (Å²) in [5.41, 5.74) is 3.85. The van der Waals surface area contributed by atoms with E-state index in [1.54, 1.807) is 11.8 Å². The molecular formula is C18H12O2S. The number of rotatable bonds is 2. The van der Waals surface area contributed by atoms with Gasteiger partial charge in [0, 0.05) is 11.3 Å². The average molecular weight is 292 g/mol. The SMILES string of the molecule is O=C1OC2=C(c3ccccc3)CSC2=C1c1ccccc1. The number of benzene rings is 2. The highest BCUT2D eigenvalue weighted by Crippen LogP contribution is 2.49. The van der Waals surface area contributed by atoms with Crippen LogP contribution in [-0.4, -0.2) is 11.7 Å². The lowest BCUT2D eigenvalue weighted by Crippen LogP contribution is -2.00. The molecule has 0 saturated heterocycles. The number of thioether (sulfide) groups is 1. The normalized spacial score (nSPS) is 17.2. The van der Waals surface area contributed by atoms with Gasteiger partial charge in [0.15, 0.2) is 0 Å². The van der Waals surface area contributed by atoms with Crippen molar-refractivity contribution < 1.29 is 9.53 Å². The summed E-state index contributed by atoms with van der Waals surface area (Å²) in [5, 5.41) is 0. The van der Waals surface area contributed by atoms with Gasteiger partial charge in [0.1, 0.15) is 5.76 Å². The Morgan fingerprint density at radius 3 is 2.14 bits per heavy atom. The van der Waals surface area contributed by atoms with Gasteiger partial charge in [-0.25, -0.2) is 4.79 Å². The zero-order chi connectivity index (χ0) is 14.2. The molecule has 0 aliphatic carbocycles. The van der Waals surface area contributed by atoms with Gasteiger partial charge in [-0.05, 0) is 11.1 Å². The molecule has 21 heavy (non-hydrogen) atoms. The molecule has 0 amide bonds. The minimum absolute atomic E-state index is 0.244. The van der Waals surface area contributed by atoms with Gasteiger partial charge < -0.3 is 4.74 Å². The summed E-state index contributed by atoms with van der Waals surface area (Å²) < 4.78 is 5.57. The third-order valence-corrected chi connectivity index (χ3v) is 4.76. The fraction of sp³-hybridized carbons (Fsp3) is 0.0556. The number of fused-ring (bicyclic) bond motifs is 1. The molecule has 0 saturated carbocycles. The number of ether oxygens (including phenoxy) is 1. The Morgan fingerprint density at radius 1 is 0.857 bits per heavy atom. The lowest BCUT2D eigenvalue weighted by Gasteiger charge is -2.04. The smallest absolute Gasteiger partial charge is 0.345 e. The average Bonchev–Trinajstić information content (AvgIpc) is 3.06. The van der Waals surface area contributed by atoms with Crippen molar-refractivity contribution in [1.82, 2.24) is 0 Å². The van der Waals surface area contributed by atoms with E-state index in [9.17, 15) is 4.79 Å². The highest BCUT2D eigenvalue weighted by molar-refractivity contribution is 8.04. The van der Waals surface area contributed by atoms with Crippen molar-refractivity contribution >= 4 is 28.9 Å². The van der Waals surface area contributed by atoms with E-state index in [0.717, 1.165) is 33.1 Å². The quantitative estimate of drug-likeness (QED) is 0.779. The van der Waals surface area contributed by atoms with Crippen LogP contribution in [0.5, 0.6) is 0 Å². The third-order valence-electron chi connectivity index (χ3n) is 3.65. The molecule has 0 unspecified atom stereocenters. The van der Waals surface area contributed by atoms with Crippen LogP contribution >= 0.6 is 11.8 Å². The van der Waals surface area contributed by atoms with E-state index in [0.29, 0.717) is 5.57 Å². The number of esters is 1. The van der Waals surface area contributed by atoms with Crippen LogP contribution in [0.25, 0.3) is 11.1 Å². The highest BCUT2D eigenvalue weighted by atomic mass is 32.2. The standard InChI is InChI=1S/C18H12O2S/c19-18-15(13-9-5-2-6-10-13)17-16(20-18)14(11-21-17)12-7-3-1-4-8-12/h1-10H,11H2. The molecule has 2 aromatic carbocycles. The molecule has 3 heteroatoms. The fourth-order valence-corrected chi connectivity index (χ4v) is 3.88. The van der Waals surface area contributed by atoms with E-state index in [1.807, 2.05) is 48.5 Å². The molecule has 0 N–H and O–H groups in total. The minimum Gasteiger partial charge on any atom is -0.421 e. The summed E-state index contributed by atoms with van der Waals surface area (Å²) in [7, 11) is 0. The second-order valence-electron chi connectivity index (χ2n) is 4.92. The largest absolute Gasteiger partial charge is 0.421 e. The molecule has 2 heterocycles. The van der Waals surface area contributed by atoms with Gasteiger partial charge in [-0.3, -0.25) is 0 Å². The molecule has 0 aromatic heterocycles. The Hall–Kier alpha value is -2.26. The van der Waals surface area contributed by atoms with Crippen molar-refractivity contribution in [3.8, 4) is 0 Å². The molecular weight excluding hydrogens is 280 g/mol. The minimum atomic E-state index is -0.244. The lowest BCUT2D eigenvalue weighted by molar-refractivity contribution is -0.131. The van der Waals surface area contributed by atoms with Crippen LogP contribution in [0.2, 0.25) is 0 Å². The first-order valence-corrected chi connectivity index (χ1v) is 7.77. The van der Waals surface area contributed by atoms with Crippen molar-refractivity contribution in [2.75, 3.05) is 5.75 Å². The molecule has 2 aromatic rings. The van der Waals surface area contributed by atoms with Crippen molar-refractivity contribution in [3.63, 3.8) is 0 Å². The maximum absolute atomic E-state index is 12.2. The maximum atomic E-state index is 12.2. The van der Waals surface area contributed by atoms with Gasteiger partial charge >= 0.3 is 5.97 Å². The van der Waals surface area contributed by atoms with E-state index in [4.69, 9.17) is 4.74 Å². The molecule has 0 spiro atoms. The van der Waals surface area contributed by atoms with Crippen LogP contribution in [0.4, 0.5) is 0 Å². The molecule has 0 radical (unpaired) electrons. The van der Waals surface area contributed by atoms with Gasteiger partial charge in [-0.15, -0.1) is 11.8 Å². The summed E-state index contributed by atoms with van der Waals surface area (Å²) in [5.74, 6) is 1.35. The lowest BCUT2D eigenvalue weighted by atomic mass is 10.0. The Morgan fingerprint density at radius 2 is 1.48 bits per heavy atom. The van der Waals surface area contributed by atoms with Crippen LogP contribution in [0.1, 0.15) is 11.1 Å². The summed E-state index contributed by atoms with van der Waals surface area (Å²) in [6.07, 6.45) is 0. The molecule has 2 aliphatic heterocycles. The maximum Gasteiger partial charge on any atom is 0.345 e. The monoisotopic (exact) mass is 292 g/mol. The second kappa shape index (κ2) is 4.93. The first-order valence-electron chi connectivity index (χ1n) is 6.78. The summed E-state index contributed by atoms with van der Waals surface area (Å²) >= 11 is 1.68. The van der Waals surface area contributed by atoms with Crippen LogP contribution in [0.15, 0.2) is 71.3 Å². The van der Waals surface area contributed by atoms with E-state index >= 15 is 0 Å². The number of hydrogen-bond acceptors (Lipinski definition) is 3.